The van der Waals surface area contributed by atoms with E-state index in [0.717, 1.165) is 17.3 Å². The molecule has 0 aromatic heterocycles. The van der Waals surface area contributed by atoms with Gasteiger partial charge in [0.1, 0.15) is 0 Å². The average Bonchev–Trinajstić information content (AvgIpc) is 3.21. The van der Waals surface area contributed by atoms with Gasteiger partial charge in [0.15, 0.2) is 0 Å². The van der Waals surface area contributed by atoms with Crippen molar-refractivity contribution in [1.29, 1.82) is 0 Å². The summed E-state index contributed by atoms with van der Waals surface area (Å²) in [4.78, 5) is 0. The first-order chi connectivity index (χ1) is 17.2. The van der Waals surface area contributed by atoms with Gasteiger partial charge >= 0.3 is 0 Å². The molecule has 0 N–H and O–H groups in total. The molecule has 0 atom stereocenters. The average molecular weight is 534 g/mol. The summed E-state index contributed by atoms with van der Waals surface area (Å²) < 4.78 is 1.15. The van der Waals surface area contributed by atoms with E-state index in [0.29, 0.717) is 0 Å². The van der Waals surface area contributed by atoms with Crippen molar-refractivity contribution < 1.29 is 0 Å². The summed E-state index contributed by atoms with van der Waals surface area (Å²) in [6.07, 6.45) is 6.32. The van der Waals surface area contributed by atoms with Gasteiger partial charge in [0.05, 0.1) is 0 Å². The molecule has 36 heavy (non-hydrogen) atoms. The van der Waals surface area contributed by atoms with Crippen LogP contribution in [0.1, 0.15) is 75.3 Å². The van der Waals surface area contributed by atoms with Crippen molar-refractivity contribution >= 4 is 32.3 Å². The molecule has 4 aromatic carbocycles. The van der Waals surface area contributed by atoms with Gasteiger partial charge in [-0.3, -0.25) is 0 Å². The van der Waals surface area contributed by atoms with E-state index in [1.165, 1.54) is 66.4 Å². The molecule has 0 saturated heterocycles. The molecule has 1 heteroatoms. The maximum atomic E-state index is 4.02. The Bertz CT molecular complexity index is 1610. The number of fused-ring (bicyclic) bond motifs is 8. The zero-order chi connectivity index (χ0) is 25.4. The quantitative estimate of drug-likeness (QED) is 0.229. The highest BCUT2D eigenvalue weighted by Crippen LogP contribution is 2.58. The van der Waals surface area contributed by atoms with Gasteiger partial charge in [-0.25, -0.2) is 0 Å². The summed E-state index contributed by atoms with van der Waals surface area (Å²) in [7, 11) is 0. The highest BCUT2D eigenvalue weighted by Gasteiger charge is 2.42. The summed E-state index contributed by atoms with van der Waals surface area (Å²) >= 11 is 3.71. The number of rotatable bonds is 4. The lowest BCUT2D eigenvalue weighted by Crippen LogP contribution is -2.17. The highest BCUT2D eigenvalue weighted by atomic mass is 79.9. The van der Waals surface area contributed by atoms with Gasteiger partial charge in [0, 0.05) is 15.3 Å². The Morgan fingerprint density at radius 1 is 0.778 bits per heavy atom. The van der Waals surface area contributed by atoms with E-state index in [9.17, 15) is 0 Å². The molecule has 0 fully saturated rings. The lowest BCUT2D eigenvalue weighted by atomic mass is 9.78. The molecular formula is C35H33Br. The highest BCUT2D eigenvalue weighted by molar-refractivity contribution is 9.10. The number of hydrogen-bond donors (Lipinski definition) is 0. The maximum Gasteiger partial charge on any atom is 0.0178 e. The Labute approximate surface area is 223 Å². The van der Waals surface area contributed by atoms with Gasteiger partial charge in [0.25, 0.3) is 0 Å². The van der Waals surface area contributed by atoms with Gasteiger partial charge < -0.3 is 0 Å². The van der Waals surface area contributed by atoms with Crippen LogP contribution < -0.4 is 0 Å². The molecule has 2 aliphatic rings. The zero-order valence-corrected chi connectivity index (χ0v) is 23.5. The van der Waals surface area contributed by atoms with E-state index in [-0.39, 0.29) is 10.8 Å². The zero-order valence-electron chi connectivity index (χ0n) is 21.9. The number of benzene rings is 4. The van der Waals surface area contributed by atoms with Crippen molar-refractivity contribution in [1.82, 2.24) is 0 Å². The van der Waals surface area contributed by atoms with E-state index in [2.05, 4.69) is 124 Å². The minimum atomic E-state index is -0.0771. The number of halogens is 1. The molecule has 0 spiro atoms. The van der Waals surface area contributed by atoms with Crippen LogP contribution in [0.3, 0.4) is 0 Å². The minimum absolute atomic E-state index is 0.0346. The Balaban J connectivity index is 1.68. The van der Waals surface area contributed by atoms with Crippen LogP contribution in [0.4, 0.5) is 0 Å². The molecule has 180 valence electrons. The van der Waals surface area contributed by atoms with Crippen molar-refractivity contribution in [3.63, 3.8) is 0 Å². The Morgan fingerprint density at radius 2 is 1.42 bits per heavy atom. The Hall–Kier alpha value is -2.90. The molecule has 0 radical (unpaired) electrons. The van der Waals surface area contributed by atoms with Gasteiger partial charge in [-0.15, -0.1) is 0 Å². The SMILES string of the molecule is C=CC=C(CCC)c1cc2c(c3ccccc13)-c1cc3c(cc1C2(C)C)-c1ccc(Br)cc1C3(C)C. The number of allylic oxidation sites excluding steroid dienone is 3. The molecule has 0 amide bonds. The fourth-order valence-corrected chi connectivity index (χ4v) is 7.13. The van der Waals surface area contributed by atoms with Crippen molar-refractivity contribution in [2.24, 2.45) is 0 Å². The fraction of sp³-hybridized carbons (Fsp3) is 0.257. The summed E-state index contributed by atoms with van der Waals surface area (Å²) in [5.41, 5.74) is 13.9. The molecule has 0 saturated carbocycles. The first-order valence-electron chi connectivity index (χ1n) is 13.1. The monoisotopic (exact) mass is 532 g/mol. The van der Waals surface area contributed by atoms with Crippen LogP contribution in [0.15, 0.2) is 83.9 Å². The third-order valence-corrected chi connectivity index (χ3v) is 9.11. The standard InChI is InChI=1S/C35H33Br/c1-7-11-21(12-8-2)26-18-32-33(25-14-10-9-13-23(25)26)28-20-30-27(19-31(28)35(32,5)6)24-16-15-22(36)17-29(24)34(30,3)4/h7,9-11,13-20H,1,8,12H2,2-6H3. The van der Waals surface area contributed by atoms with Gasteiger partial charge in [0.2, 0.25) is 0 Å². The number of hydrogen-bond acceptors (Lipinski definition) is 0. The van der Waals surface area contributed by atoms with Gasteiger partial charge in [-0.05, 0) is 103 Å². The fourth-order valence-electron chi connectivity index (χ4n) is 6.77. The van der Waals surface area contributed by atoms with E-state index in [1.807, 2.05) is 6.08 Å². The second-order valence-electron chi connectivity index (χ2n) is 11.5. The van der Waals surface area contributed by atoms with Crippen molar-refractivity contribution in [3.05, 3.63) is 112 Å². The predicted molar refractivity (Wildman–Crippen MR) is 160 cm³/mol. The summed E-state index contributed by atoms with van der Waals surface area (Å²) in [5.74, 6) is 0. The van der Waals surface area contributed by atoms with Crippen LogP contribution in [-0.4, -0.2) is 0 Å². The van der Waals surface area contributed by atoms with Crippen LogP contribution in [0.2, 0.25) is 0 Å². The lowest BCUT2D eigenvalue weighted by Gasteiger charge is -2.24. The molecule has 6 rings (SSSR count). The van der Waals surface area contributed by atoms with E-state index < -0.39 is 0 Å². The molecule has 0 unspecified atom stereocenters. The second kappa shape index (κ2) is 8.05. The Kier molecular flexibility index (Phi) is 5.25. The minimum Gasteiger partial charge on any atom is -0.0991 e. The second-order valence-corrected chi connectivity index (χ2v) is 12.4. The van der Waals surface area contributed by atoms with Crippen LogP contribution in [-0.2, 0) is 10.8 Å². The first kappa shape index (κ1) is 23.5. The predicted octanol–water partition coefficient (Wildman–Crippen LogP) is 10.6. The van der Waals surface area contributed by atoms with Crippen LogP contribution in [0.5, 0.6) is 0 Å². The third kappa shape index (κ3) is 3.12. The van der Waals surface area contributed by atoms with Crippen LogP contribution in [0.25, 0.3) is 38.6 Å². The topological polar surface area (TPSA) is 0 Å². The lowest BCUT2D eigenvalue weighted by molar-refractivity contribution is 0.652. The molecule has 0 bridgehead atoms. The molecule has 0 aliphatic heterocycles. The normalized spacial score (nSPS) is 16.4. The molecule has 4 aromatic rings. The smallest absolute Gasteiger partial charge is 0.0178 e. The maximum absolute atomic E-state index is 4.02. The van der Waals surface area contributed by atoms with Gasteiger partial charge in [-0.2, -0.15) is 0 Å². The van der Waals surface area contributed by atoms with Crippen molar-refractivity contribution in [2.45, 2.75) is 58.3 Å². The van der Waals surface area contributed by atoms with E-state index in [4.69, 9.17) is 0 Å². The van der Waals surface area contributed by atoms with Crippen LogP contribution >= 0.6 is 15.9 Å². The molecule has 2 aliphatic carbocycles. The molecular weight excluding hydrogens is 500 g/mol. The summed E-state index contributed by atoms with van der Waals surface area (Å²) in [6, 6.07) is 23.3. The van der Waals surface area contributed by atoms with E-state index >= 15 is 0 Å². The van der Waals surface area contributed by atoms with E-state index in [1.54, 1.807) is 0 Å². The van der Waals surface area contributed by atoms with Crippen molar-refractivity contribution in [3.8, 4) is 22.3 Å². The molecule has 0 heterocycles. The molecule has 0 nitrogen and oxygen atoms in total. The largest absolute Gasteiger partial charge is 0.0991 e. The van der Waals surface area contributed by atoms with Crippen molar-refractivity contribution in [2.75, 3.05) is 0 Å². The summed E-state index contributed by atoms with van der Waals surface area (Å²) in [6.45, 7) is 15.8. The Morgan fingerprint density at radius 3 is 2.14 bits per heavy atom. The summed E-state index contributed by atoms with van der Waals surface area (Å²) in [5, 5.41) is 2.70. The van der Waals surface area contributed by atoms with Crippen LogP contribution in [0, 0.1) is 0 Å². The third-order valence-electron chi connectivity index (χ3n) is 8.62. The first-order valence-corrected chi connectivity index (χ1v) is 13.9. The van der Waals surface area contributed by atoms with Gasteiger partial charge in [-0.1, -0.05) is 106 Å².